The van der Waals surface area contributed by atoms with Gasteiger partial charge in [0.15, 0.2) is 0 Å². The van der Waals surface area contributed by atoms with Gasteiger partial charge in [-0.1, -0.05) is 60.4 Å². The second kappa shape index (κ2) is 6.64. The van der Waals surface area contributed by atoms with E-state index in [1.165, 1.54) is 5.56 Å². The zero-order valence-electron chi connectivity index (χ0n) is 8.77. The van der Waals surface area contributed by atoms with Gasteiger partial charge in [-0.2, -0.15) is 0 Å². The lowest BCUT2D eigenvalue weighted by molar-refractivity contribution is 0.730. The van der Waals surface area contributed by atoms with E-state index in [-0.39, 0.29) is 6.04 Å². The van der Waals surface area contributed by atoms with Crippen molar-refractivity contribution < 1.29 is 0 Å². The van der Waals surface area contributed by atoms with E-state index in [1.54, 1.807) is 11.8 Å². The molecule has 15 heavy (non-hydrogen) atoms. The molecular formula is C12H15NS2. The molecule has 0 aliphatic heterocycles. The Balaban J connectivity index is 2.45. The van der Waals surface area contributed by atoms with Crippen LogP contribution in [-0.4, -0.2) is 10.1 Å². The van der Waals surface area contributed by atoms with Crippen molar-refractivity contribution >= 4 is 28.3 Å². The summed E-state index contributed by atoms with van der Waals surface area (Å²) in [5, 5.41) is 3.28. The maximum atomic E-state index is 5.20. The van der Waals surface area contributed by atoms with Gasteiger partial charge in [-0.3, -0.25) is 0 Å². The maximum Gasteiger partial charge on any atom is 0.134 e. The van der Waals surface area contributed by atoms with Crippen LogP contribution in [0.2, 0.25) is 0 Å². The molecule has 0 saturated heterocycles. The molecule has 0 heterocycles. The van der Waals surface area contributed by atoms with Crippen LogP contribution in [0, 0.1) is 0 Å². The van der Waals surface area contributed by atoms with Crippen LogP contribution in [0.5, 0.6) is 0 Å². The highest BCUT2D eigenvalue weighted by Gasteiger charge is 2.05. The van der Waals surface area contributed by atoms with Crippen LogP contribution in [0.15, 0.2) is 43.0 Å². The molecule has 1 nitrogen and oxygen atoms in total. The topological polar surface area (TPSA) is 12.0 Å². The fraction of sp³-hybridized carbons (Fsp3) is 0.250. The summed E-state index contributed by atoms with van der Waals surface area (Å²) < 4.78 is 0.825. The number of hydrogen-bond acceptors (Lipinski definition) is 2. The highest BCUT2D eigenvalue weighted by molar-refractivity contribution is 8.23. The third-order valence-corrected chi connectivity index (χ3v) is 3.22. The summed E-state index contributed by atoms with van der Waals surface area (Å²) in [6.07, 6.45) is 1.85. The number of nitrogens with one attached hydrogen (secondary N) is 1. The van der Waals surface area contributed by atoms with Gasteiger partial charge in [-0.15, -0.1) is 6.58 Å². The van der Waals surface area contributed by atoms with Crippen LogP contribution < -0.4 is 5.32 Å². The molecule has 0 radical (unpaired) electrons. The Bertz CT molecular complexity index is 322. The van der Waals surface area contributed by atoms with Crippen molar-refractivity contribution in [3.05, 3.63) is 48.6 Å². The molecule has 0 aliphatic rings. The standard InChI is InChI=1S/C12H15NS2/c1-3-9-15-12(14)13-10(2)11-7-5-4-6-8-11/h3-8,10H,1,9H2,2H3,(H,13,14). The van der Waals surface area contributed by atoms with Gasteiger partial charge in [0.05, 0.1) is 0 Å². The average molecular weight is 237 g/mol. The van der Waals surface area contributed by atoms with Gasteiger partial charge >= 0.3 is 0 Å². The lowest BCUT2D eigenvalue weighted by Gasteiger charge is -2.15. The summed E-state index contributed by atoms with van der Waals surface area (Å²) in [4.78, 5) is 0. The molecule has 0 bridgehead atoms. The van der Waals surface area contributed by atoms with Crippen LogP contribution in [0.4, 0.5) is 0 Å². The minimum absolute atomic E-state index is 0.260. The van der Waals surface area contributed by atoms with Gasteiger partial charge in [-0.25, -0.2) is 0 Å². The molecule has 0 aliphatic carbocycles. The van der Waals surface area contributed by atoms with E-state index < -0.39 is 0 Å². The molecule has 1 aromatic rings. The van der Waals surface area contributed by atoms with Crippen LogP contribution in [0.3, 0.4) is 0 Å². The first-order valence-corrected chi connectivity index (χ1v) is 6.22. The van der Waals surface area contributed by atoms with E-state index in [1.807, 2.05) is 24.3 Å². The number of rotatable bonds is 4. The van der Waals surface area contributed by atoms with Crippen LogP contribution >= 0.6 is 24.0 Å². The monoisotopic (exact) mass is 237 g/mol. The summed E-state index contributed by atoms with van der Waals surface area (Å²) >= 11 is 6.80. The normalized spacial score (nSPS) is 11.8. The third-order valence-electron chi connectivity index (χ3n) is 1.97. The molecule has 0 spiro atoms. The number of hydrogen-bond donors (Lipinski definition) is 1. The number of thioether (sulfide) groups is 1. The van der Waals surface area contributed by atoms with Gasteiger partial charge < -0.3 is 5.32 Å². The fourth-order valence-electron chi connectivity index (χ4n) is 1.18. The minimum Gasteiger partial charge on any atom is -0.364 e. The number of thiocarbonyl (C=S) groups is 1. The molecule has 0 saturated carbocycles. The summed E-state index contributed by atoms with van der Waals surface area (Å²) in [6.45, 7) is 5.77. The molecule has 1 aromatic carbocycles. The lowest BCUT2D eigenvalue weighted by atomic mass is 10.1. The first-order valence-electron chi connectivity index (χ1n) is 4.83. The van der Waals surface area contributed by atoms with Gasteiger partial charge in [0.2, 0.25) is 0 Å². The summed E-state index contributed by atoms with van der Waals surface area (Å²) in [7, 11) is 0. The third kappa shape index (κ3) is 4.49. The molecule has 1 unspecified atom stereocenters. The zero-order valence-corrected chi connectivity index (χ0v) is 10.4. The molecule has 80 valence electrons. The Hall–Kier alpha value is -0.800. The molecule has 3 heteroatoms. The predicted molar refractivity (Wildman–Crippen MR) is 73.2 cm³/mol. The highest BCUT2D eigenvalue weighted by Crippen LogP contribution is 2.13. The Morgan fingerprint density at radius 1 is 1.53 bits per heavy atom. The Morgan fingerprint density at radius 3 is 2.80 bits per heavy atom. The molecule has 0 aromatic heterocycles. The van der Waals surface area contributed by atoms with Gasteiger partial charge in [0, 0.05) is 11.8 Å². The summed E-state index contributed by atoms with van der Waals surface area (Å²) in [5.41, 5.74) is 1.25. The van der Waals surface area contributed by atoms with E-state index in [2.05, 4.69) is 31.0 Å². The molecular weight excluding hydrogens is 222 g/mol. The summed E-state index contributed by atoms with van der Waals surface area (Å²) in [5.74, 6) is 0.855. The smallest absolute Gasteiger partial charge is 0.134 e. The Morgan fingerprint density at radius 2 is 2.20 bits per heavy atom. The SMILES string of the molecule is C=CCSC(=S)NC(C)c1ccccc1. The van der Waals surface area contributed by atoms with Crippen molar-refractivity contribution in [2.75, 3.05) is 5.75 Å². The first-order chi connectivity index (χ1) is 7.24. The fourth-order valence-corrected chi connectivity index (χ4v) is 2.09. The second-order valence-corrected chi connectivity index (χ2v) is 4.86. The molecule has 1 atom stereocenters. The van der Waals surface area contributed by atoms with E-state index in [9.17, 15) is 0 Å². The largest absolute Gasteiger partial charge is 0.364 e. The lowest BCUT2D eigenvalue weighted by Crippen LogP contribution is -2.22. The van der Waals surface area contributed by atoms with Gasteiger partial charge in [-0.05, 0) is 12.5 Å². The minimum atomic E-state index is 0.260. The second-order valence-electron chi connectivity index (χ2n) is 3.16. The van der Waals surface area contributed by atoms with Gasteiger partial charge in [0.25, 0.3) is 0 Å². The number of benzene rings is 1. The van der Waals surface area contributed by atoms with Crippen LogP contribution in [-0.2, 0) is 0 Å². The maximum absolute atomic E-state index is 5.20. The van der Waals surface area contributed by atoms with Crippen molar-refractivity contribution in [3.63, 3.8) is 0 Å². The molecule has 1 rings (SSSR count). The molecule has 0 fully saturated rings. The van der Waals surface area contributed by atoms with E-state index >= 15 is 0 Å². The van der Waals surface area contributed by atoms with E-state index in [0.29, 0.717) is 0 Å². The van der Waals surface area contributed by atoms with Crippen molar-refractivity contribution in [3.8, 4) is 0 Å². The first kappa shape index (κ1) is 12.3. The van der Waals surface area contributed by atoms with Gasteiger partial charge in [0.1, 0.15) is 4.32 Å². The molecule has 0 amide bonds. The molecule has 1 N–H and O–H groups in total. The van der Waals surface area contributed by atoms with Crippen molar-refractivity contribution in [2.45, 2.75) is 13.0 Å². The van der Waals surface area contributed by atoms with Crippen molar-refractivity contribution in [1.82, 2.24) is 5.32 Å². The average Bonchev–Trinajstić information content (AvgIpc) is 2.27. The summed E-state index contributed by atoms with van der Waals surface area (Å²) in [6, 6.07) is 10.5. The van der Waals surface area contributed by atoms with Crippen LogP contribution in [0.1, 0.15) is 18.5 Å². The van der Waals surface area contributed by atoms with Crippen LogP contribution in [0.25, 0.3) is 0 Å². The Labute approximate surface area is 101 Å². The predicted octanol–water partition coefficient (Wildman–Crippen LogP) is 3.54. The van der Waals surface area contributed by atoms with Crippen molar-refractivity contribution in [2.24, 2.45) is 0 Å². The van der Waals surface area contributed by atoms with E-state index in [4.69, 9.17) is 12.2 Å². The van der Waals surface area contributed by atoms with E-state index in [0.717, 1.165) is 10.1 Å². The Kier molecular flexibility index (Phi) is 5.43. The zero-order chi connectivity index (χ0) is 11.1. The van der Waals surface area contributed by atoms with Crippen molar-refractivity contribution in [1.29, 1.82) is 0 Å². The quantitative estimate of drug-likeness (QED) is 0.635. The highest BCUT2D eigenvalue weighted by atomic mass is 32.2.